The monoisotopic (exact) mass is 404 g/mol. The lowest BCUT2D eigenvalue weighted by atomic mass is 10.1. The van der Waals surface area contributed by atoms with Crippen molar-refractivity contribution in [1.82, 2.24) is 9.97 Å². The maximum atomic E-state index is 13.0. The van der Waals surface area contributed by atoms with Crippen molar-refractivity contribution in [2.75, 3.05) is 28.7 Å². The first kappa shape index (κ1) is 20.3. The van der Waals surface area contributed by atoms with Crippen LogP contribution in [-0.2, 0) is 11.0 Å². The average Bonchev–Trinajstić information content (AvgIpc) is 2.59. The minimum absolute atomic E-state index is 0.0420. The maximum Gasteiger partial charge on any atom is 0.418 e. The Morgan fingerprint density at radius 2 is 1.96 bits per heavy atom. The molecule has 140 valence electrons. The number of alkyl halides is 3. The zero-order valence-electron chi connectivity index (χ0n) is 13.5. The summed E-state index contributed by atoms with van der Waals surface area (Å²) < 4.78 is 38.9. The summed E-state index contributed by atoms with van der Waals surface area (Å²) in [5.41, 5.74) is -1.26. The van der Waals surface area contributed by atoms with E-state index in [9.17, 15) is 18.0 Å². The van der Waals surface area contributed by atoms with Crippen LogP contribution in [0.1, 0.15) is 12.0 Å². The smallest absolute Gasteiger partial charge is 0.354 e. The van der Waals surface area contributed by atoms with E-state index in [0.29, 0.717) is 18.2 Å². The molecule has 0 radical (unpaired) electrons. The van der Waals surface area contributed by atoms with Crippen molar-refractivity contribution in [3.63, 3.8) is 0 Å². The maximum absolute atomic E-state index is 13.0. The Morgan fingerprint density at radius 3 is 2.65 bits per heavy atom. The summed E-state index contributed by atoms with van der Waals surface area (Å²) in [5, 5.41) is 5.27. The molecule has 0 aliphatic rings. The van der Waals surface area contributed by atoms with Gasteiger partial charge in [-0.05, 0) is 36.4 Å². The Hall–Kier alpha value is -2.00. The van der Waals surface area contributed by atoms with Gasteiger partial charge in [0.2, 0.25) is 11.9 Å². The Morgan fingerprint density at radius 1 is 1.23 bits per heavy atom. The molecule has 0 unspecified atom stereocenters. The molecule has 2 aromatic rings. The zero-order chi connectivity index (χ0) is 19.0. The first-order valence-corrected chi connectivity index (χ1v) is 9.15. The van der Waals surface area contributed by atoms with Crippen molar-refractivity contribution in [2.45, 2.75) is 12.6 Å². The molecule has 2 N–H and O–H groups in total. The van der Waals surface area contributed by atoms with Crippen molar-refractivity contribution in [1.29, 1.82) is 0 Å². The predicted octanol–water partition coefficient (Wildman–Crippen LogP) is 4.32. The fraction of sp³-hybridized carbons (Fsp3) is 0.312. The Balaban J connectivity index is 1.72. The van der Waals surface area contributed by atoms with Crippen LogP contribution in [0.15, 0.2) is 36.7 Å². The number of halogens is 4. The minimum Gasteiger partial charge on any atom is -0.354 e. The van der Waals surface area contributed by atoms with Crippen LogP contribution in [0.4, 0.5) is 24.8 Å². The van der Waals surface area contributed by atoms with Crippen LogP contribution < -0.4 is 10.6 Å². The van der Waals surface area contributed by atoms with Crippen LogP contribution in [0.25, 0.3) is 0 Å². The van der Waals surface area contributed by atoms with E-state index in [4.69, 9.17) is 11.6 Å². The lowest BCUT2D eigenvalue weighted by molar-refractivity contribution is -0.137. The van der Waals surface area contributed by atoms with E-state index in [0.717, 1.165) is 18.6 Å². The van der Waals surface area contributed by atoms with E-state index in [-0.39, 0.29) is 16.5 Å². The van der Waals surface area contributed by atoms with Gasteiger partial charge in [-0.3, -0.25) is 4.79 Å². The molecule has 0 fully saturated rings. The highest BCUT2D eigenvalue weighted by molar-refractivity contribution is 7.99. The molecule has 0 saturated heterocycles. The molecule has 1 aromatic carbocycles. The van der Waals surface area contributed by atoms with E-state index in [1.54, 1.807) is 18.5 Å². The largest absolute Gasteiger partial charge is 0.418 e. The molecule has 0 spiro atoms. The molecule has 1 heterocycles. The van der Waals surface area contributed by atoms with Gasteiger partial charge in [0.15, 0.2) is 0 Å². The Bertz CT molecular complexity index is 731. The first-order chi connectivity index (χ1) is 12.4. The van der Waals surface area contributed by atoms with Crippen molar-refractivity contribution < 1.29 is 18.0 Å². The molecule has 2 rings (SSSR count). The van der Waals surface area contributed by atoms with Crippen molar-refractivity contribution in [2.24, 2.45) is 0 Å². The van der Waals surface area contributed by atoms with Crippen molar-refractivity contribution in [3.05, 3.63) is 47.2 Å². The van der Waals surface area contributed by atoms with Gasteiger partial charge in [-0.2, -0.15) is 24.9 Å². The summed E-state index contributed by atoms with van der Waals surface area (Å²) in [4.78, 5) is 19.9. The van der Waals surface area contributed by atoms with Gasteiger partial charge in [-0.1, -0.05) is 11.6 Å². The van der Waals surface area contributed by atoms with Gasteiger partial charge in [-0.15, -0.1) is 0 Å². The van der Waals surface area contributed by atoms with E-state index < -0.39 is 17.6 Å². The highest BCUT2D eigenvalue weighted by Gasteiger charge is 2.34. The average molecular weight is 405 g/mol. The number of rotatable bonds is 8. The van der Waals surface area contributed by atoms with E-state index in [1.807, 2.05) is 0 Å². The fourth-order valence-electron chi connectivity index (χ4n) is 1.98. The molecular weight excluding hydrogens is 389 g/mol. The standard InChI is InChI=1S/C16H16ClF3N4OS/c17-11-3-4-13(12(9-11)16(18,19)20)24-14(25)10-26-8-2-7-23-15-21-5-1-6-22-15/h1,3-6,9H,2,7-8,10H2,(H,24,25)(H,21,22,23). The predicted molar refractivity (Wildman–Crippen MR) is 97.5 cm³/mol. The van der Waals surface area contributed by atoms with Gasteiger partial charge in [0.25, 0.3) is 0 Å². The number of aromatic nitrogens is 2. The topological polar surface area (TPSA) is 66.9 Å². The summed E-state index contributed by atoms with van der Waals surface area (Å²) in [6.45, 7) is 0.633. The number of nitrogens with zero attached hydrogens (tertiary/aromatic N) is 2. The van der Waals surface area contributed by atoms with Gasteiger partial charge < -0.3 is 10.6 Å². The van der Waals surface area contributed by atoms with Crippen LogP contribution in [0.2, 0.25) is 5.02 Å². The zero-order valence-corrected chi connectivity index (χ0v) is 15.1. The van der Waals surface area contributed by atoms with E-state index >= 15 is 0 Å². The second-order valence-electron chi connectivity index (χ2n) is 5.14. The molecule has 0 bridgehead atoms. The van der Waals surface area contributed by atoms with Gasteiger partial charge >= 0.3 is 6.18 Å². The molecule has 1 amide bonds. The molecule has 0 saturated carbocycles. The number of carbonyl (C=O) groups excluding carboxylic acids is 1. The van der Waals surface area contributed by atoms with Crippen LogP contribution in [0.5, 0.6) is 0 Å². The van der Waals surface area contributed by atoms with Crippen LogP contribution >= 0.6 is 23.4 Å². The normalized spacial score (nSPS) is 11.2. The van der Waals surface area contributed by atoms with Gasteiger partial charge in [0, 0.05) is 24.0 Å². The first-order valence-electron chi connectivity index (χ1n) is 7.61. The third-order valence-corrected chi connectivity index (χ3v) is 4.39. The third kappa shape index (κ3) is 6.72. The molecule has 0 aliphatic carbocycles. The molecule has 0 atom stereocenters. The number of nitrogens with one attached hydrogen (secondary N) is 2. The summed E-state index contributed by atoms with van der Waals surface area (Å²) in [5.74, 6) is 0.752. The Kier molecular flexibility index (Phi) is 7.52. The van der Waals surface area contributed by atoms with Crippen molar-refractivity contribution in [3.8, 4) is 0 Å². The fourth-order valence-corrected chi connectivity index (χ4v) is 2.90. The number of benzene rings is 1. The lowest BCUT2D eigenvalue weighted by Crippen LogP contribution is -2.18. The van der Waals surface area contributed by atoms with Crippen LogP contribution in [0, 0.1) is 0 Å². The summed E-state index contributed by atoms with van der Waals surface area (Å²) >= 11 is 6.94. The summed E-state index contributed by atoms with van der Waals surface area (Å²) in [6.07, 6.45) is -0.586. The van der Waals surface area contributed by atoms with Gasteiger partial charge in [-0.25, -0.2) is 9.97 Å². The van der Waals surface area contributed by atoms with Crippen LogP contribution in [0.3, 0.4) is 0 Å². The molecule has 10 heteroatoms. The van der Waals surface area contributed by atoms with Crippen LogP contribution in [-0.4, -0.2) is 33.9 Å². The summed E-state index contributed by atoms with van der Waals surface area (Å²) in [6, 6.07) is 4.96. The Labute approximate surface area is 157 Å². The summed E-state index contributed by atoms with van der Waals surface area (Å²) in [7, 11) is 0. The van der Waals surface area contributed by atoms with E-state index in [1.165, 1.54) is 17.8 Å². The molecule has 26 heavy (non-hydrogen) atoms. The highest BCUT2D eigenvalue weighted by Crippen LogP contribution is 2.36. The number of hydrogen-bond acceptors (Lipinski definition) is 5. The molecule has 0 aliphatic heterocycles. The second-order valence-corrected chi connectivity index (χ2v) is 6.68. The SMILES string of the molecule is O=C(CSCCCNc1ncccn1)Nc1ccc(Cl)cc1C(F)(F)F. The van der Waals surface area contributed by atoms with Crippen molar-refractivity contribution >= 4 is 40.9 Å². The number of thioether (sulfide) groups is 1. The molecular formula is C16H16ClF3N4OS. The number of carbonyl (C=O) groups is 1. The molecule has 1 aromatic heterocycles. The highest BCUT2D eigenvalue weighted by atomic mass is 35.5. The van der Waals surface area contributed by atoms with Gasteiger partial charge in [0.05, 0.1) is 17.0 Å². The van der Waals surface area contributed by atoms with E-state index in [2.05, 4.69) is 20.6 Å². The quantitative estimate of drug-likeness (QED) is 0.641. The number of anilines is 2. The number of hydrogen-bond donors (Lipinski definition) is 2. The van der Waals surface area contributed by atoms with Gasteiger partial charge in [0.1, 0.15) is 0 Å². The molecule has 5 nitrogen and oxygen atoms in total. The second kappa shape index (κ2) is 9.63. The lowest BCUT2D eigenvalue weighted by Gasteiger charge is -2.14. The third-order valence-electron chi connectivity index (χ3n) is 3.11. The number of amides is 1. The minimum atomic E-state index is -4.59.